The van der Waals surface area contributed by atoms with E-state index in [9.17, 15) is 53.8 Å². The van der Waals surface area contributed by atoms with Crippen LogP contribution < -0.4 is 15.4 Å². The van der Waals surface area contributed by atoms with Crippen LogP contribution in [0.4, 0.5) is 36.4 Å². The molecule has 3 aromatic rings. The molecule has 0 spiro atoms. The van der Waals surface area contributed by atoms with Crippen LogP contribution in [-0.2, 0) is 31.6 Å². The number of hydrogen-bond donors (Lipinski definition) is 3. The summed E-state index contributed by atoms with van der Waals surface area (Å²) in [5.41, 5.74) is -1.73. The number of hydrogen-bond acceptors (Lipinski definition) is 5. The number of alkyl halides is 6. The monoisotopic (exact) mass is 647 g/mol. The highest BCUT2D eigenvalue weighted by Gasteiger charge is 2.71. The van der Waals surface area contributed by atoms with Crippen LogP contribution >= 0.6 is 0 Å². The molecule has 1 heterocycles. The Morgan fingerprint density at radius 1 is 0.955 bits per heavy atom. The van der Waals surface area contributed by atoms with Crippen molar-refractivity contribution < 1.29 is 53.8 Å². The van der Waals surface area contributed by atoms with E-state index >= 15 is 0 Å². The Hall–Kier alpha value is -4.18. The van der Waals surface area contributed by atoms with Gasteiger partial charge in [-0.2, -0.15) is 26.3 Å². The summed E-state index contributed by atoms with van der Waals surface area (Å²) in [6, 6.07) is 10.1. The topological polar surface area (TPSA) is 130 Å². The molecule has 1 aliphatic heterocycles. The van der Waals surface area contributed by atoms with Gasteiger partial charge in [0.25, 0.3) is 15.6 Å². The lowest BCUT2D eigenvalue weighted by atomic mass is 9.87. The Labute approximate surface area is 246 Å². The van der Waals surface area contributed by atoms with E-state index in [2.05, 4.69) is 5.32 Å². The number of carbonyl (C=O) groups is 2. The maximum atomic E-state index is 13.8. The molecule has 0 saturated carbocycles. The number of primary amides is 1. The maximum Gasteiger partial charge on any atom is 0.430 e. The third-order valence-corrected chi connectivity index (χ3v) is 9.03. The average molecular weight is 648 g/mol. The number of rotatable bonds is 8. The van der Waals surface area contributed by atoms with Crippen LogP contribution in [0.5, 0.6) is 0 Å². The maximum absolute atomic E-state index is 13.8. The zero-order chi connectivity index (χ0) is 32.7. The third kappa shape index (κ3) is 6.08. The zero-order valence-electron chi connectivity index (χ0n) is 22.4. The molecule has 2 amide bonds. The van der Waals surface area contributed by atoms with Gasteiger partial charge < -0.3 is 16.2 Å². The summed E-state index contributed by atoms with van der Waals surface area (Å²) >= 11 is 0. The van der Waals surface area contributed by atoms with Crippen molar-refractivity contribution in [2.75, 3.05) is 4.31 Å². The summed E-state index contributed by atoms with van der Waals surface area (Å²) < 4.78 is 123. The first kappa shape index (κ1) is 32.7. The van der Waals surface area contributed by atoms with E-state index in [0.29, 0.717) is 28.1 Å². The fraction of sp³-hybridized carbons (Fsp3) is 0.286. The van der Waals surface area contributed by atoms with E-state index in [0.717, 1.165) is 24.3 Å². The van der Waals surface area contributed by atoms with Gasteiger partial charge in [0.15, 0.2) is 0 Å². The molecule has 44 heavy (non-hydrogen) atoms. The van der Waals surface area contributed by atoms with Gasteiger partial charge in [-0.1, -0.05) is 42.5 Å². The van der Waals surface area contributed by atoms with E-state index in [1.807, 2.05) is 0 Å². The van der Waals surface area contributed by atoms with Crippen molar-refractivity contribution in [3.8, 4) is 0 Å². The van der Waals surface area contributed by atoms with E-state index < -0.39 is 74.6 Å². The number of fused-ring (bicyclic) bond motifs is 1. The fourth-order valence-corrected chi connectivity index (χ4v) is 6.70. The Kier molecular flexibility index (Phi) is 8.72. The zero-order valence-corrected chi connectivity index (χ0v) is 23.2. The van der Waals surface area contributed by atoms with E-state index in [1.54, 1.807) is 18.2 Å². The van der Waals surface area contributed by atoms with Crippen LogP contribution in [0.25, 0.3) is 0 Å². The second-order valence-electron chi connectivity index (χ2n) is 10.0. The van der Waals surface area contributed by atoms with Gasteiger partial charge in [-0.15, -0.1) is 0 Å². The van der Waals surface area contributed by atoms with Crippen molar-refractivity contribution in [2.24, 2.45) is 5.73 Å². The number of amides is 2. The molecule has 0 saturated heterocycles. The van der Waals surface area contributed by atoms with Crippen molar-refractivity contribution in [3.05, 3.63) is 95.3 Å². The minimum Gasteiger partial charge on any atom is -0.369 e. The van der Waals surface area contributed by atoms with E-state index in [1.165, 1.54) is 12.1 Å². The number of nitrogens with one attached hydrogen (secondary N) is 1. The molecule has 8 nitrogen and oxygen atoms in total. The Morgan fingerprint density at radius 2 is 1.55 bits per heavy atom. The molecular formula is C28H24F7N3O5S. The highest BCUT2D eigenvalue weighted by molar-refractivity contribution is 7.92. The van der Waals surface area contributed by atoms with Crippen LogP contribution in [0.15, 0.2) is 77.7 Å². The minimum absolute atomic E-state index is 0.270. The summed E-state index contributed by atoms with van der Waals surface area (Å²) in [5, 5.41) is 12.3. The summed E-state index contributed by atoms with van der Waals surface area (Å²) in [4.78, 5) is 24.7. The van der Waals surface area contributed by atoms with Crippen LogP contribution in [-0.4, -0.2) is 43.7 Å². The third-order valence-electron chi connectivity index (χ3n) is 7.15. The number of aryl methyl sites for hydroxylation is 1. The molecular weight excluding hydrogens is 623 g/mol. The fourth-order valence-electron chi connectivity index (χ4n) is 4.98. The number of sulfonamides is 1. The van der Waals surface area contributed by atoms with Gasteiger partial charge in [-0.25, -0.2) is 12.8 Å². The van der Waals surface area contributed by atoms with E-state index in [4.69, 9.17) is 5.73 Å². The van der Waals surface area contributed by atoms with Gasteiger partial charge in [0, 0.05) is 12.0 Å². The highest BCUT2D eigenvalue weighted by Crippen LogP contribution is 2.51. The lowest BCUT2D eigenvalue weighted by molar-refractivity contribution is -0.376. The van der Waals surface area contributed by atoms with E-state index in [-0.39, 0.29) is 24.1 Å². The molecule has 4 rings (SSSR count). The number of carbonyl (C=O) groups excluding carboxylic acids is 2. The minimum atomic E-state index is -6.18. The first-order chi connectivity index (χ1) is 20.4. The molecule has 236 valence electrons. The average Bonchev–Trinajstić information content (AvgIpc) is 2.94. The Morgan fingerprint density at radius 3 is 2.09 bits per heavy atom. The molecule has 0 aromatic heterocycles. The molecule has 1 aliphatic rings. The molecule has 3 aromatic carbocycles. The predicted octanol–water partition coefficient (Wildman–Crippen LogP) is 4.38. The molecule has 2 atom stereocenters. The standard InChI is InChI=1S/C28H24F7N3O5S/c29-19-8-11-21(12-9-19)44(42,43)38-20(15-23(39)37-24(25(36)40)16-4-2-1-3-5-16)10-6-17-14-18(7-13-22(17)38)26(41,27(30,31)32)28(33,34)35/h1-5,7-9,11-14,20,24,41H,6,10,15H2,(H2,36,40)(H,37,39)/t20-,24+/m0/s1. The quantitative estimate of drug-likeness (QED) is 0.313. The van der Waals surface area contributed by atoms with Gasteiger partial charge in [0.05, 0.1) is 16.6 Å². The predicted molar refractivity (Wildman–Crippen MR) is 142 cm³/mol. The molecule has 0 bridgehead atoms. The number of aliphatic hydroxyl groups is 1. The number of anilines is 1. The van der Waals surface area contributed by atoms with Crippen molar-refractivity contribution in [1.29, 1.82) is 0 Å². The summed E-state index contributed by atoms with van der Waals surface area (Å²) in [6.45, 7) is 0. The number of benzene rings is 3. The number of halogens is 7. The van der Waals surface area contributed by atoms with Crippen molar-refractivity contribution in [3.63, 3.8) is 0 Å². The van der Waals surface area contributed by atoms with Crippen LogP contribution in [0.2, 0.25) is 0 Å². The summed E-state index contributed by atoms with van der Waals surface area (Å²) in [6.07, 6.45) is -13.5. The summed E-state index contributed by atoms with van der Waals surface area (Å²) in [5.74, 6) is -2.56. The molecule has 16 heteroatoms. The molecule has 4 N–H and O–H groups in total. The number of nitrogens with two attached hydrogens (primary N) is 1. The first-order valence-electron chi connectivity index (χ1n) is 12.8. The highest BCUT2D eigenvalue weighted by atomic mass is 32.2. The van der Waals surface area contributed by atoms with Gasteiger partial charge in [0.2, 0.25) is 11.8 Å². The molecule has 0 fully saturated rings. The van der Waals surface area contributed by atoms with Gasteiger partial charge >= 0.3 is 12.4 Å². The Balaban J connectivity index is 1.77. The van der Waals surface area contributed by atoms with Crippen molar-refractivity contribution >= 4 is 27.5 Å². The second-order valence-corrected chi connectivity index (χ2v) is 11.8. The Bertz CT molecular complexity index is 1630. The lowest BCUT2D eigenvalue weighted by Crippen LogP contribution is -2.54. The molecule has 0 radical (unpaired) electrons. The van der Waals surface area contributed by atoms with Crippen molar-refractivity contribution in [2.45, 2.75) is 54.2 Å². The summed E-state index contributed by atoms with van der Waals surface area (Å²) in [7, 11) is -4.70. The molecule has 0 unspecified atom stereocenters. The SMILES string of the molecule is NC(=O)[C@H](NC(=O)C[C@@H]1CCc2cc(C(O)(C(F)(F)F)C(F)(F)F)ccc2N1S(=O)(=O)c1ccc(F)cc1)c1ccccc1. The van der Waals surface area contributed by atoms with Crippen LogP contribution in [0.3, 0.4) is 0 Å². The largest absolute Gasteiger partial charge is 0.430 e. The second kappa shape index (κ2) is 11.7. The van der Waals surface area contributed by atoms with Gasteiger partial charge in [-0.3, -0.25) is 13.9 Å². The lowest BCUT2D eigenvalue weighted by Gasteiger charge is -2.39. The van der Waals surface area contributed by atoms with Crippen LogP contribution in [0.1, 0.15) is 35.6 Å². The first-order valence-corrected chi connectivity index (χ1v) is 14.2. The smallest absolute Gasteiger partial charge is 0.369 e. The van der Waals surface area contributed by atoms with Crippen molar-refractivity contribution in [1.82, 2.24) is 5.32 Å². The molecule has 0 aliphatic carbocycles. The normalized spacial score (nSPS) is 16.6. The number of nitrogens with zero attached hydrogens (tertiary/aromatic N) is 1. The van der Waals surface area contributed by atoms with Gasteiger partial charge in [0.1, 0.15) is 11.9 Å². The van der Waals surface area contributed by atoms with Gasteiger partial charge in [-0.05, 0) is 54.3 Å². The van der Waals surface area contributed by atoms with Crippen LogP contribution in [0, 0.1) is 5.82 Å².